The van der Waals surface area contributed by atoms with E-state index in [1.54, 1.807) is 16.9 Å². The number of methoxy groups -OCH3 is 1. The molecule has 1 aliphatic carbocycles. The minimum atomic E-state index is -0.0321. The second kappa shape index (κ2) is 6.48. The highest BCUT2D eigenvalue weighted by Gasteiger charge is 2.44. The third-order valence-corrected chi connectivity index (χ3v) is 4.88. The minimum Gasteiger partial charge on any atom is -0.497 e. The molecule has 3 amide bonds. The Labute approximate surface area is 136 Å². The summed E-state index contributed by atoms with van der Waals surface area (Å²) in [5.74, 6) is 0.849. The molecule has 124 valence electrons. The Morgan fingerprint density at radius 1 is 1.22 bits per heavy atom. The van der Waals surface area contributed by atoms with Crippen LogP contribution in [-0.4, -0.2) is 62.1 Å². The highest BCUT2D eigenvalue weighted by molar-refractivity contribution is 5.74. The van der Waals surface area contributed by atoms with E-state index < -0.39 is 0 Å². The number of nitrogens with one attached hydrogen (secondary N) is 1. The van der Waals surface area contributed by atoms with Crippen LogP contribution in [-0.2, 0) is 10.2 Å². The summed E-state index contributed by atoms with van der Waals surface area (Å²) in [5, 5.41) is 3.06. The fourth-order valence-electron chi connectivity index (χ4n) is 3.05. The lowest BCUT2D eigenvalue weighted by molar-refractivity contribution is -0.119. The summed E-state index contributed by atoms with van der Waals surface area (Å²) >= 11 is 0. The van der Waals surface area contributed by atoms with E-state index in [-0.39, 0.29) is 11.4 Å². The van der Waals surface area contributed by atoms with Gasteiger partial charge >= 0.3 is 6.03 Å². The van der Waals surface area contributed by atoms with Crippen molar-refractivity contribution in [2.24, 2.45) is 0 Å². The number of hydrogen-bond donors (Lipinski definition) is 1. The van der Waals surface area contributed by atoms with E-state index in [9.17, 15) is 9.59 Å². The van der Waals surface area contributed by atoms with Gasteiger partial charge < -0.3 is 19.9 Å². The van der Waals surface area contributed by atoms with Gasteiger partial charge in [0.15, 0.2) is 0 Å². The molecule has 1 aliphatic heterocycles. The van der Waals surface area contributed by atoms with Crippen LogP contribution in [0.5, 0.6) is 5.75 Å². The van der Waals surface area contributed by atoms with Crippen molar-refractivity contribution in [3.8, 4) is 5.75 Å². The zero-order valence-corrected chi connectivity index (χ0v) is 13.5. The standard InChI is InChI=1S/C17H23N3O3/c1-23-15-4-2-14(3-5-15)17(6-7-17)12-18-16(22)20-10-8-19(13-21)9-11-20/h2-5,13H,6-12H2,1H3,(H,18,22). The number of amides is 3. The summed E-state index contributed by atoms with van der Waals surface area (Å²) in [7, 11) is 1.66. The number of piperazine rings is 1. The second-order valence-corrected chi connectivity index (χ2v) is 6.30. The van der Waals surface area contributed by atoms with Gasteiger partial charge in [0.25, 0.3) is 0 Å². The zero-order valence-electron chi connectivity index (χ0n) is 13.5. The summed E-state index contributed by atoms with van der Waals surface area (Å²) < 4.78 is 5.19. The van der Waals surface area contributed by atoms with E-state index in [1.807, 2.05) is 12.1 Å². The molecule has 1 aromatic rings. The van der Waals surface area contributed by atoms with Gasteiger partial charge in [-0.15, -0.1) is 0 Å². The van der Waals surface area contributed by atoms with E-state index in [2.05, 4.69) is 17.4 Å². The molecule has 0 bridgehead atoms. The molecule has 3 rings (SSSR count). The predicted octanol–water partition coefficient (Wildman–Crippen LogP) is 1.21. The van der Waals surface area contributed by atoms with Gasteiger partial charge in [0.05, 0.1) is 7.11 Å². The number of carbonyl (C=O) groups excluding carboxylic acids is 2. The fourth-order valence-corrected chi connectivity index (χ4v) is 3.05. The first kappa shape index (κ1) is 15.6. The third-order valence-electron chi connectivity index (χ3n) is 4.88. The van der Waals surface area contributed by atoms with Crippen molar-refractivity contribution in [2.45, 2.75) is 18.3 Å². The van der Waals surface area contributed by atoms with E-state index in [0.29, 0.717) is 32.7 Å². The molecule has 0 aromatic heterocycles. The summed E-state index contributed by atoms with van der Waals surface area (Å²) in [6, 6.07) is 8.07. The molecule has 2 aliphatic rings. The van der Waals surface area contributed by atoms with Gasteiger partial charge in [-0.2, -0.15) is 0 Å². The maximum atomic E-state index is 12.3. The topological polar surface area (TPSA) is 61.9 Å². The van der Waals surface area contributed by atoms with Crippen LogP contribution >= 0.6 is 0 Å². The SMILES string of the molecule is COc1ccc(C2(CNC(=O)N3CCN(C=O)CC3)CC2)cc1. The number of urea groups is 1. The second-order valence-electron chi connectivity index (χ2n) is 6.30. The number of nitrogens with zero attached hydrogens (tertiary/aromatic N) is 2. The Bertz CT molecular complexity index is 561. The van der Waals surface area contributed by atoms with Crippen LogP contribution in [0.4, 0.5) is 4.79 Å². The highest BCUT2D eigenvalue weighted by Crippen LogP contribution is 2.47. The van der Waals surface area contributed by atoms with Crippen molar-refractivity contribution >= 4 is 12.4 Å². The molecule has 2 fully saturated rings. The van der Waals surface area contributed by atoms with Gasteiger partial charge in [-0.25, -0.2) is 4.79 Å². The van der Waals surface area contributed by atoms with Crippen molar-refractivity contribution in [1.82, 2.24) is 15.1 Å². The zero-order chi connectivity index (χ0) is 16.3. The van der Waals surface area contributed by atoms with Gasteiger partial charge in [0.1, 0.15) is 5.75 Å². The van der Waals surface area contributed by atoms with Gasteiger partial charge in [-0.3, -0.25) is 4.79 Å². The van der Waals surface area contributed by atoms with Crippen LogP contribution in [0.25, 0.3) is 0 Å². The monoisotopic (exact) mass is 317 g/mol. The molecule has 6 nitrogen and oxygen atoms in total. The van der Waals surface area contributed by atoms with Gasteiger partial charge in [0.2, 0.25) is 6.41 Å². The Balaban J connectivity index is 1.53. The minimum absolute atomic E-state index is 0.0321. The smallest absolute Gasteiger partial charge is 0.317 e. The maximum absolute atomic E-state index is 12.3. The van der Waals surface area contributed by atoms with Crippen LogP contribution < -0.4 is 10.1 Å². The third kappa shape index (κ3) is 3.41. The van der Waals surface area contributed by atoms with Crippen molar-refractivity contribution in [2.75, 3.05) is 39.8 Å². The Kier molecular flexibility index (Phi) is 4.41. The Hall–Kier alpha value is -2.24. The van der Waals surface area contributed by atoms with Gasteiger partial charge in [0, 0.05) is 38.1 Å². The maximum Gasteiger partial charge on any atom is 0.317 e. The molecule has 0 spiro atoms. The number of ether oxygens (including phenoxy) is 1. The lowest BCUT2D eigenvalue weighted by Crippen LogP contribution is -2.52. The molecule has 1 N–H and O–H groups in total. The first-order valence-electron chi connectivity index (χ1n) is 8.03. The van der Waals surface area contributed by atoms with Crippen LogP contribution in [0.15, 0.2) is 24.3 Å². The van der Waals surface area contributed by atoms with Crippen LogP contribution in [0.1, 0.15) is 18.4 Å². The van der Waals surface area contributed by atoms with Gasteiger partial charge in [-0.05, 0) is 30.5 Å². The van der Waals surface area contributed by atoms with Crippen LogP contribution in [0.3, 0.4) is 0 Å². The molecule has 0 unspecified atom stereocenters. The molecule has 1 aromatic carbocycles. The molecule has 6 heteroatoms. The summed E-state index contributed by atoms with van der Waals surface area (Å²) in [5.41, 5.74) is 1.33. The first-order chi connectivity index (χ1) is 11.2. The van der Waals surface area contributed by atoms with E-state index >= 15 is 0 Å². The number of hydrogen-bond acceptors (Lipinski definition) is 3. The van der Waals surface area contributed by atoms with Crippen LogP contribution in [0, 0.1) is 0 Å². The van der Waals surface area contributed by atoms with Gasteiger partial charge in [-0.1, -0.05) is 12.1 Å². The summed E-state index contributed by atoms with van der Waals surface area (Å²) in [4.78, 5) is 26.5. The van der Waals surface area contributed by atoms with Crippen molar-refractivity contribution in [1.29, 1.82) is 0 Å². The average Bonchev–Trinajstić information content (AvgIpc) is 3.41. The average molecular weight is 317 g/mol. The number of benzene rings is 1. The fraction of sp³-hybridized carbons (Fsp3) is 0.529. The molecule has 1 saturated carbocycles. The van der Waals surface area contributed by atoms with Crippen molar-refractivity contribution < 1.29 is 14.3 Å². The quantitative estimate of drug-likeness (QED) is 0.831. The summed E-state index contributed by atoms with van der Waals surface area (Å²) in [6.07, 6.45) is 3.04. The predicted molar refractivity (Wildman–Crippen MR) is 86.5 cm³/mol. The van der Waals surface area contributed by atoms with Crippen LogP contribution in [0.2, 0.25) is 0 Å². The Morgan fingerprint density at radius 3 is 2.39 bits per heavy atom. The Morgan fingerprint density at radius 2 is 1.87 bits per heavy atom. The lowest BCUT2D eigenvalue weighted by atomic mass is 9.96. The largest absolute Gasteiger partial charge is 0.497 e. The number of rotatable bonds is 5. The summed E-state index contributed by atoms with van der Waals surface area (Å²) in [6.45, 7) is 3.08. The first-order valence-corrected chi connectivity index (χ1v) is 8.03. The number of carbonyl (C=O) groups is 2. The molecular formula is C17H23N3O3. The molecular weight excluding hydrogens is 294 g/mol. The van der Waals surface area contributed by atoms with E-state index in [1.165, 1.54) is 5.56 Å². The molecule has 1 heterocycles. The molecule has 0 atom stereocenters. The molecule has 23 heavy (non-hydrogen) atoms. The van der Waals surface area contributed by atoms with E-state index in [4.69, 9.17) is 4.74 Å². The molecule has 0 radical (unpaired) electrons. The molecule has 1 saturated heterocycles. The van der Waals surface area contributed by atoms with Crippen molar-refractivity contribution in [3.05, 3.63) is 29.8 Å². The highest BCUT2D eigenvalue weighted by atomic mass is 16.5. The lowest BCUT2D eigenvalue weighted by Gasteiger charge is -2.33. The normalized spacial score (nSPS) is 19.2. The van der Waals surface area contributed by atoms with E-state index in [0.717, 1.165) is 25.0 Å². The van der Waals surface area contributed by atoms with Crippen molar-refractivity contribution in [3.63, 3.8) is 0 Å².